The molecule has 112 valence electrons. The van der Waals surface area contributed by atoms with Crippen molar-refractivity contribution < 1.29 is 9.13 Å². The van der Waals surface area contributed by atoms with Crippen molar-refractivity contribution >= 4 is 11.3 Å². The third-order valence-corrected chi connectivity index (χ3v) is 4.98. The molecule has 0 aliphatic heterocycles. The number of aromatic nitrogens is 1. The number of fused-ring (bicyclic) bond motifs is 1. The van der Waals surface area contributed by atoms with Crippen molar-refractivity contribution in [2.24, 2.45) is 0 Å². The van der Waals surface area contributed by atoms with E-state index >= 15 is 0 Å². The molecule has 1 aromatic carbocycles. The summed E-state index contributed by atoms with van der Waals surface area (Å²) in [6.45, 7) is 3.03. The highest BCUT2D eigenvalue weighted by Gasteiger charge is 2.25. The molecular formula is C16H19FN2OS. The number of benzene rings is 1. The van der Waals surface area contributed by atoms with Crippen molar-refractivity contribution in [1.82, 2.24) is 10.3 Å². The van der Waals surface area contributed by atoms with Gasteiger partial charge in [-0.25, -0.2) is 9.37 Å². The average molecular weight is 306 g/mol. The quantitative estimate of drug-likeness (QED) is 0.929. The Morgan fingerprint density at radius 2 is 2.33 bits per heavy atom. The zero-order chi connectivity index (χ0) is 14.8. The Morgan fingerprint density at radius 3 is 3.05 bits per heavy atom. The summed E-state index contributed by atoms with van der Waals surface area (Å²) >= 11 is 1.61. The molecule has 3 nitrogen and oxygen atoms in total. The first-order valence-electron chi connectivity index (χ1n) is 7.29. The van der Waals surface area contributed by atoms with Crippen LogP contribution in [0.3, 0.4) is 0 Å². The first-order chi connectivity index (χ1) is 10.2. The molecule has 1 atom stereocenters. The van der Waals surface area contributed by atoms with Gasteiger partial charge in [0.15, 0.2) is 0 Å². The van der Waals surface area contributed by atoms with E-state index in [1.54, 1.807) is 23.5 Å². The standard InChI is InChI=1S/C16H19FN2OS/c1-3-18-13-5-4-6-14-15(13)19-16(21-14)11-8-7-10(20-2)9-12(11)17/h7-9,13,18H,3-6H2,1-2H3. The zero-order valence-electron chi connectivity index (χ0n) is 12.3. The van der Waals surface area contributed by atoms with E-state index < -0.39 is 0 Å². The fourth-order valence-electron chi connectivity index (χ4n) is 2.77. The van der Waals surface area contributed by atoms with Gasteiger partial charge in [0.25, 0.3) is 0 Å². The zero-order valence-corrected chi connectivity index (χ0v) is 13.1. The number of methoxy groups -OCH3 is 1. The van der Waals surface area contributed by atoms with Crippen LogP contribution in [0.15, 0.2) is 18.2 Å². The van der Waals surface area contributed by atoms with E-state index in [2.05, 4.69) is 12.2 Å². The van der Waals surface area contributed by atoms with Crippen LogP contribution in [0.1, 0.15) is 36.4 Å². The molecule has 0 radical (unpaired) electrons. The van der Waals surface area contributed by atoms with Gasteiger partial charge in [-0.1, -0.05) is 6.92 Å². The molecule has 0 saturated carbocycles. The van der Waals surface area contributed by atoms with Crippen LogP contribution in [0.25, 0.3) is 10.6 Å². The molecule has 2 aromatic rings. The minimum Gasteiger partial charge on any atom is -0.497 e. The molecule has 0 fully saturated rings. The van der Waals surface area contributed by atoms with Crippen LogP contribution in [0, 0.1) is 5.82 Å². The highest BCUT2D eigenvalue weighted by Crippen LogP contribution is 2.38. The van der Waals surface area contributed by atoms with Crippen LogP contribution in [0.2, 0.25) is 0 Å². The normalized spacial score (nSPS) is 17.6. The fraction of sp³-hybridized carbons (Fsp3) is 0.438. The predicted molar refractivity (Wildman–Crippen MR) is 83.4 cm³/mol. The maximum absolute atomic E-state index is 14.2. The Kier molecular flexibility index (Phi) is 4.22. The summed E-state index contributed by atoms with van der Waals surface area (Å²) in [6, 6.07) is 5.25. The van der Waals surface area contributed by atoms with Crippen LogP contribution in [0.4, 0.5) is 4.39 Å². The molecule has 0 bridgehead atoms. The Labute approximate surface area is 128 Å². The van der Waals surface area contributed by atoms with E-state index in [4.69, 9.17) is 9.72 Å². The number of nitrogens with zero attached hydrogens (tertiary/aromatic N) is 1. The van der Waals surface area contributed by atoms with Gasteiger partial charge < -0.3 is 10.1 Å². The van der Waals surface area contributed by atoms with Crippen molar-refractivity contribution in [3.63, 3.8) is 0 Å². The van der Waals surface area contributed by atoms with E-state index in [0.29, 0.717) is 17.4 Å². The lowest BCUT2D eigenvalue weighted by molar-refractivity contribution is 0.411. The molecule has 1 N–H and O–H groups in total. The van der Waals surface area contributed by atoms with Crippen LogP contribution < -0.4 is 10.1 Å². The number of hydrogen-bond donors (Lipinski definition) is 1. The third kappa shape index (κ3) is 2.80. The lowest BCUT2D eigenvalue weighted by atomic mass is 9.97. The Morgan fingerprint density at radius 1 is 1.48 bits per heavy atom. The lowest BCUT2D eigenvalue weighted by Gasteiger charge is -2.21. The summed E-state index contributed by atoms with van der Waals surface area (Å²) in [5.74, 6) is 0.253. The van der Waals surface area contributed by atoms with Crippen molar-refractivity contribution in [3.8, 4) is 16.3 Å². The summed E-state index contributed by atoms with van der Waals surface area (Å²) in [6.07, 6.45) is 3.32. The third-order valence-electron chi connectivity index (χ3n) is 3.81. The predicted octanol–water partition coefficient (Wildman–Crippen LogP) is 3.94. The Balaban J connectivity index is 1.97. The van der Waals surface area contributed by atoms with Gasteiger partial charge >= 0.3 is 0 Å². The summed E-state index contributed by atoms with van der Waals surface area (Å²) < 4.78 is 19.3. The molecule has 3 rings (SSSR count). The molecule has 1 aliphatic carbocycles. The van der Waals surface area contributed by atoms with Crippen LogP contribution in [0.5, 0.6) is 5.75 Å². The summed E-state index contributed by atoms with van der Waals surface area (Å²) in [5.41, 5.74) is 1.67. The van der Waals surface area contributed by atoms with E-state index in [-0.39, 0.29) is 5.82 Å². The number of aryl methyl sites for hydroxylation is 1. The highest BCUT2D eigenvalue weighted by molar-refractivity contribution is 7.15. The van der Waals surface area contributed by atoms with Crippen molar-refractivity contribution in [2.45, 2.75) is 32.2 Å². The first-order valence-corrected chi connectivity index (χ1v) is 8.11. The van der Waals surface area contributed by atoms with Gasteiger partial charge in [-0.2, -0.15) is 0 Å². The number of ether oxygens (including phenoxy) is 1. The van der Waals surface area contributed by atoms with Crippen LogP contribution in [-0.4, -0.2) is 18.6 Å². The molecule has 1 heterocycles. The van der Waals surface area contributed by atoms with Crippen LogP contribution >= 0.6 is 11.3 Å². The van der Waals surface area contributed by atoms with Gasteiger partial charge in [0.2, 0.25) is 0 Å². The topological polar surface area (TPSA) is 34.1 Å². The van der Waals surface area contributed by atoms with Crippen LogP contribution in [-0.2, 0) is 6.42 Å². The Bertz CT molecular complexity index is 641. The molecule has 0 amide bonds. The van der Waals surface area contributed by atoms with Gasteiger partial charge in [-0.3, -0.25) is 0 Å². The molecule has 1 aliphatic rings. The van der Waals surface area contributed by atoms with E-state index in [9.17, 15) is 4.39 Å². The monoisotopic (exact) mass is 306 g/mol. The van der Waals surface area contributed by atoms with E-state index in [1.807, 2.05) is 0 Å². The summed E-state index contributed by atoms with van der Waals surface area (Å²) in [4.78, 5) is 6.00. The number of halogens is 1. The summed E-state index contributed by atoms with van der Waals surface area (Å²) in [5, 5.41) is 4.24. The van der Waals surface area contributed by atoms with Crippen molar-refractivity contribution in [2.75, 3.05) is 13.7 Å². The Hall–Kier alpha value is -1.46. The van der Waals surface area contributed by atoms with Gasteiger partial charge in [0.1, 0.15) is 16.6 Å². The number of hydrogen-bond acceptors (Lipinski definition) is 4. The minimum atomic E-state index is -0.277. The highest BCUT2D eigenvalue weighted by atomic mass is 32.1. The molecule has 21 heavy (non-hydrogen) atoms. The molecule has 0 saturated heterocycles. The molecule has 0 spiro atoms. The molecular weight excluding hydrogens is 287 g/mol. The van der Waals surface area contributed by atoms with Crippen molar-refractivity contribution in [1.29, 1.82) is 0 Å². The molecule has 5 heteroatoms. The molecule has 1 unspecified atom stereocenters. The summed E-state index contributed by atoms with van der Waals surface area (Å²) in [7, 11) is 1.54. The fourth-order valence-corrected chi connectivity index (χ4v) is 3.97. The number of rotatable bonds is 4. The van der Waals surface area contributed by atoms with Gasteiger partial charge in [0, 0.05) is 16.5 Å². The lowest BCUT2D eigenvalue weighted by Crippen LogP contribution is -2.24. The largest absolute Gasteiger partial charge is 0.497 e. The first kappa shape index (κ1) is 14.5. The van der Waals surface area contributed by atoms with E-state index in [1.165, 1.54) is 18.1 Å². The van der Waals surface area contributed by atoms with Gasteiger partial charge in [0.05, 0.1) is 18.8 Å². The average Bonchev–Trinajstić information content (AvgIpc) is 2.92. The van der Waals surface area contributed by atoms with Gasteiger partial charge in [-0.15, -0.1) is 11.3 Å². The molecule has 1 aromatic heterocycles. The maximum Gasteiger partial charge on any atom is 0.137 e. The number of thiazole rings is 1. The van der Waals surface area contributed by atoms with Gasteiger partial charge in [-0.05, 0) is 37.9 Å². The second-order valence-corrected chi connectivity index (χ2v) is 6.26. The van der Waals surface area contributed by atoms with Crippen molar-refractivity contribution in [3.05, 3.63) is 34.6 Å². The SMILES string of the molecule is CCNC1CCCc2sc(-c3ccc(OC)cc3F)nc21. The van der Waals surface area contributed by atoms with E-state index in [0.717, 1.165) is 36.5 Å². The number of nitrogens with one attached hydrogen (secondary N) is 1. The smallest absolute Gasteiger partial charge is 0.137 e. The second kappa shape index (κ2) is 6.12. The maximum atomic E-state index is 14.2. The second-order valence-electron chi connectivity index (χ2n) is 5.18. The minimum absolute atomic E-state index is 0.277.